The highest BCUT2D eigenvalue weighted by molar-refractivity contribution is 6.48. The average Bonchev–Trinajstić information content (AvgIpc) is 1.65. The van der Waals surface area contributed by atoms with Crippen molar-refractivity contribution in [3.05, 3.63) is 0 Å². The van der Waals surface area contributed by atoms with Crippen molar-refractivity contribution in [3.8, 4) is 0 Å². The fourth-order valence-electron chi connectivity index (χ4n) is 0.103. The lowest BCUT2D eigenvalue weighted by molar-refractivity contribution is 0.913. The highest BCUT2D eigenvalue weighted by Crippen LogP contribution is 2.11. The van der Waals surface area contributed by atoms with Crippen LogP contribution in [0.2, 0.25) is 0 Å². The van der Waals surface area contributed by atoms with Gasteiger partial charge in [-0.2, -0.15) is 0 Å². The van der Waals surface area contributed by atoms with E-state index in [1.54, 1.807) is 0 Å². The van der Waals surface area contributed by atoms with Gasteiger partial charge >= 0.3 is 0 Å². The molecule has 0 aromatic heterocycles. The van der Waals surface area contributed by atoms with E-state index < -0.39 is 4.84 Å². The maximum Gasteiger partial charge on any atom is 0.125 e. The van der Waals surface area contributed by atoms with E-state index in [9.17, 15) is 0 Å². The molecular weight excluding hydrogens is 156 g/mol. The quantitative estimate of drug-likeness (QED) is 0.610. The minimum atomic E-state index is -0.549. The summed E-state index contributed by atoms with van der Waals surface area (Å²) < 4.78 is 0. The topological polar surface area (TPSA) is 26.0 Å². The number of hydrogen-bond acceptors (Lipinski definition) is 1. The second-order valence-corrected chi connectivity index (χ2v) is 2.81. The van der Waals surface area contributed by atoms with Crippen LogP contribution < -0.4 is 5.73 Å². The van der Waals surface area contributed by atoms with Gasteiger partial charge in [0.2, 0.25) is 0 Å². The third kappa shape index (κ3) is 3.42. The van der Waals surface area contributed by atoms with Crippen LogP contribution in [0.15, 0.2) is 0 Å². The molecule has 2 N–H and O–H groups in total. The van der Waals surface area contributed by atoms with Crippen LogP contribution in [0.25, 0.3) is 0 Å². The third-order valence-electron chi connectivity index (χ3n) is 0.499. The van der Waals surface area contributed by atoms with Gasteiger partial charge in [0.1, 0.15) is 4.84 Å². The average molecular weight is 162 g/mol. The second-order valence-electron chi connectivity index (χ2n) is 1.09. The van der Waals surface area contributed by atoms with E-state index in [1.165, 1.54) is 0 Å². The number of rotatable bonds is 2. The summed E-state index contributed by atoms with van der Waals surface area (Å²) in [5, 5.41) is -0.316. The van der Waals surface area contributed by atoms with Crippen LogP contribution in [0.4, 0.5) is 0 Å². The molecule has 0 heterocycles. The molecule has 7 heavy (non-hydrogen) atoms. The van der Waals surface area contributed by atoms with E-state index in [1.807, 2.05) is 0 Å². The van der Waals surface area contributed by atoms with Crippen molar-refractivity contribution < 1.29 is 0 Å². The van der Waals surface area contributed by atoms with E-state index in [-0.39, 0.29) is 5.38 Å². The molecule has 1 unspecified atom stereocenters. The molecule has 0 aromatic rings. The first-order valence-electron chi connectivity index (χ1n) is 1.80. The van der Waals surface area contributed by atoms with Gasteiger partial charge in [-0.3, -0.25) is 0 Å². The predicted octanol–water partition coefficient (Wildman–Crippen LogP) is 1.36. The van der Waals surface area contributed by atoms with E-state index in [0.29, 0.717) is 6.54 Å². The second kappa shape index (κ2) is 3.79. The Balaban J connectivity index is 3.14. The Morgan fingerprint density at radius 3 is 1.71 bits per heavy atom. The molecule has 0 aliphatic heterocycles. The van der Waals surface area contributed by atoms with Crippen LogP contribution in [0, 0.1) is 0 Å². The Morgan fingerprint density at radius 1 is 1.29 bits per heavy atom. The summed E-state index contributed by atoms with van der Waals surface area (Å²) in [5.41, 5.74) is 5.07. The Hall–Kier alpha value is 0.830. The highest BCUT2D eigenvalue weighted by atomic mass is 35.5. The van der Waals surface area contributed by atoms with Crippen LogP contribution in [-0.2, 0) is 0 Å². The maximum absolute atomic E-state index is 5.41. The van der Waals surface area contributed by atoms with Crippen molar-refractivity contribution in [3.63, 3.8) is 0 Å². The number of halogens is 3. The number of hydrogen-bond donors (Lipinski definition) is 1. The molecule has 4 heteroatoms. The van der Waals surface area contributed by atoms with Gasteiger partial charge in [-0.15, -0.1) is 34.8 Å². The van der Waals surface area contributed by atoms with Gasteiger partial charge in [-0.05, 0) is 0 Å². The van der Waals surface area contributed by atoms with Gasteiger partial charge in [-0.1, -0.05) is 0 Å². The van der Waals surface area contributed by atoms with Crippen LogP contribution in [0.5, 0.6) is 0 Å². The summed E-state index contributed by atoms with van der Waals surface area (Å²) in [6.07, 6.45) is 0. The molecule has 0 saturated carbocycles. The molecule has 0 aromatic carbocycles. The van der Waals surface area contributed by atoms with E-state index >= 15 is 0 Å². The summed E-state index contributed by atoms with van der Waals surface area (Å²) in [7, 11) is 0. The Labute approximate surface area is 57.7 Å². The largest absolute Gasteiger partial charge is 0.329 e. The summed E-state index contributed by atoms with van der Waals surface area (Å²) in [6.45, 7) is 0.319. The highest BCUT2D eigenvalue weighted by Gasteiger charge is 2.09. The fourth-order valence-corrected chi connectivity index (χ4v) is 0.309. The lowest BCUT2D eigenvalue weighted by Crippen LogP contribution is -2.20. The molecule has 44 valence electrons. The predicted molar refractivity (Wildman–Crippen MR) is 34.2 cm³/mol. The van der Waals surface area contributed by atoms with Gasteiger partial charge in [0.05, 0.1) is 5.38 Å². The van der Waals surface area contributed by atoms with Gasteiger partial charge in [-0.25, -0.2) is 0 Å². The van der Waals surface area contributed by atoms with Gasteiger partial charge in [0, 0.05) is 6.54 Å². The van der Waals surface area contributed by atoms with Gasteiger partial charge < -0.3 is 5.73 Å². The molecule has 0 rings (SSSR count). The Morgan fingerprint density at radius 2 is 1.71 bits per heavy atom. The van der Waals surface area contributed by atoms with E-state index in [0.717, 1.165) is 0 Å². The van der Waals surface area contributed by atoms with Crippen molar-refractivity contribution >= 4 is 34.8 Å². The molecule has 0 amide bonds. The monoisotopic (exact) mass is 161 g/mol. The van der Waals surface area contributed by atoms with Crippen molar-refractivity contribution in [2.75, 3.05) is 6.54 Å². The van der Waals surface area contributed by atoms with Crippen LogP contribution in [0.3, 0.4) is 0 Å². The molecule has 0 saturated heterocycles. The smallest absolute Gasteiger partial charge is 0.125 e. The lowest BCUT2D eigenvalue weighted by atomic mass is 10.5. The van der Waals surface area contributed by atoms with Crippen molar-refractivity contribution in [2.45, 2.75) is 10.2 Å². The fraction of sp³-hybridized carbons (Fsp3) is 1.00. The molecule has 0 aliphatic carbocycles. The van der Waals surface area contributed by atoms with Crippen molar-refractivity contribution in [1.82, 2.24) is 0 Å². The Bertz CT molecular complexity index is 47.4. The summed E-state index contributed by atoms with van der Waals surface area (Å²) >= 11 is 16.0. The van der Waals surface area contributed by atoms with Crippen molar-refractivity contribution in [2.24, 2.45) is 5.73 Å². The summed E-state index contributed by atoms with van der Waals surface area (Å²) in [5.74, 6) is 0. The molecular formula is C3H6Cl3N. The third-order valence-corrected chi connectivity index (χ3v) is 1.80. The zero-order valence-corrected chi connectivity index (χ0v) is 5.84. The summed E-state index contributed by atoms with van der Waals surface area (Å²) in [4.78, 5) is -0.549. The molecule has 0 radical (unpaired) electrons. The molecule has 1 atom stereocenters. The SMILES string of the molecule is NCC(Cl)C(Cl)Cl. The van der Waals surface area contributed by atoms with Gasteiger partial charge in [0.15, 0.2) is 0 Å². The number of alkyl halides is 3. The molecule has 0 fully saturated rings. The van der Waals surface area contributed by atoms with Gasteiger partial charge in [0.25, 0.3) is 0 Å². The van der Waals surface area contributed by atoms with Crippen LogP contribution >= 0.6 is 34.8 Å². The normalized spacial score (nSPS) is 15.0. The zero-order valence-electron chi connectivity index (χ0n) is 3.57. The minimum Gasteiger partial charge on any atom is -0.329 e. The van der Waals surface area contributed by atoms with Crippen LogP contribution in [-0.4, -0.2) is 16.8 Å². The molecule has 0 aliphatic rings. The minimum absolute atomic E-state index is 0.316. The first kappa shape index (κ1) is 7.83. The first-order valence-corrected chi connectivity index (χ1v) is 3.11. The van der Waals surface area contributed by atoms with E-state index in [2.05, 4.69) is 0 Å². The molecule has 1 nitrogen and oxygen atoms in total. The standard InChI is InChI=1S/C3H6Cl3N/c4-2(1-7)3(5)6/h2-3H,1,7H2. The zero-order chi connectivity index (χ0) is 5.86. The number of nitrogens with two attached hydrogens (primary N) is 1. The van der Waals surface area contributed by atoms with E-state index in [4.69, 9.17) is 40.5 Å². The van der Waals surface area contributed by atoms with Crippen molar-refractivity contribution in [1.29, 1.82) is 0 Å². The maximum atomic E-state index is 5.41. The van der Waals surface area contributed by atoms with Crippen LogP contribution in [0.1, 0.15) is 0 Å². The molecule has 0 bridgehead atoms. The molecule has 0 spiro atoms. The summed E-state index contributed by atoms with van der Waals surface area (Å²) in [6, 6.07) is 0. The first-order chi connectivity index (χ1) is 3.18. The lowest BCUT2D eigenvalue weighted by Gasteiger charge is -2.03. The Kier molecular flexibility index (Phi) is 4.24.